The summed E-state index contributed by atoms with van der Waals surface area (Å²) in [6, 6.07) is 0. The summed E-state index contributed by atoms with van der Waals surface area (Å²) in [5.74, 6) is -0.0371. The topological polar surface area (TPSA) is 114 Å². The molecule has 0 saturated heterocycles. The summed E-state index contributed by atoms with van der Waals surface area (Å²) in [7, 11) is 0. The molecule has 11 heavy (non-hydrogen) atoms. The molecular formula is C4H5N5O2. The highest BCUT2D eigenvalue weighted by Gasteiger charge is 1.97. The molecule has 0 aliphatic heterocycles. The Morgan fingerprint density at radius 1 is 1.55 bits per heavy atom. The van der Waals surface area contributed by atoms with Crippen LogP contribution in [0.25, 0.3) is 0 Å². The van der Waals surface area contributed by atoms with Crippen LogP contribution in [0.1, 0.15) is 5.82 Å². The minimum atomic E-state index is -0.629. The first-order valence-corrected chi connectivity index (χ1v) is 2.74. The van der Waals surface area contributed by atoms with Gasteiger partial charge in [0.05, 0.1) is 0 Å². The molecule has 7 nitrogen and oxygen atoms in total. The van der Waals surface area contributed by atoms with E-state index < -0.39 is 5.69 Å². The van der Waals surface area contributed by atoms with Gasteiger partial charge in [-0.1, -0.05) is 5.18 Å². The van der Waals surface area contributed by atoms with Gasteiger partial charge in [0, 0.05) is 0 Å². The van der Waals surface area contributed by atoms with E-state index in [9.17, 15) is 9.70 Å². The molecule has 0 bridgehead atoms. The van der Waals surface area contributed by atoms with E-state index in [-0.39, 0.29) is 18.3 Å². The molecule has 0 aliphatic rings. The van der Waals surface area contributed by atoms with Crippen LogP contribution < -0.4 is 11.4 Å². The van der Waals surface area contributed by atoms with Gasteiger partial charge >= 0.3 is 5.69 Å². The maximum absolute atomic E-state index is 10.6. The lowest BCUT2D eigenvalue weighted by Gasteiger charge is -1.92. The van der Waals surface area contributed by atoms with Gasteiger partial charge in [0.1, 0.15) is 12.4 Å². The van der Waals surface area contributed by atoms with E-state index >= 15 is 0 Å². The third-order valence-electron chi connectivity index (χ3n) is 0.931. The fourth-order valence-electron chi connectivity index (χ4n) is 0.583. The van der Waals surface area contributed by atoms with E-state index in [2.05, 4.69) is 20.1 Å². The van der Waals surface area contributed by atoms with Crippen molar-refractivity contribution in [2.75, 3.05) is 5.73 Å². The van der Waals surface area contributed by atoms with Crippen molar-refractivity contribution >= 4 is 5.95 Å². The maximum atomic E-state index is 10.6. The average molecular weight is 155 g/mol. The summed E-state index contributed by atoms with van der Waals surface area (Å²) in [6.07, 6.45) is 0. The minimum absolute atomic E-state index is 0.123. The van der Waals surface area contributed by atoms with E-state index in [1.165, 1.54) is 0 Å². The molecule has 0 amide bonds. The Morgan fingerprint density at radius 2 is 2.27 bits per heavy atom. The molecule has 3 N–H and O–H groups in total. The molecule has 1 heterocycles. The van der Waals surface area contributed by atoms with Crippen molar-refractivity contribution in [3.63, 3.8) is 0 Å². The van der Waals surface area contributed by atoms with Gasteiger partial charge in [-0.05, 0) is 0 Å². The first-order valence-electron chi connectivity index (χ1n) is 2.74. The van der Waals surface area contributed by atoms with Crippen LogP contribution in [0.2, 0.25) is 0 Å². The van der Waals surface area contributed by atoms with Crippen LogP contribution in [-0.4, -0.2) is 15.0 Å². The number of H-pyrrole nitrogens is 1. The summed E-state index contributed by atoms with van der Waals surface area (Å²) < 4.78 is 0. The summed E-state index contributed by atoms with van der Waals surface area (Å²) in [5, 5.41) is 2.52. The molecule has 7 heteroatoms. The van der Waals surface area contributed by atoms with Crippen LogP contribution in [0.5, 0.6) is 0 Å². The second-order valence-electron chi connectivity index (χ2n) is 1.75. The van der Waals surface area contributed by atoms with Gasteiger partial charge < -0.3 is 5.73 Å². The molecule has 1 rings (SSSR count). The van der Waals surface area contributed by atoms with Crippen LogP contribution in [0.15, 0.2) is 9.97 Å². The number of nitrogens with zero attached hydrogens (tertiary/aromatic N) is 3. The first-order chi connectivity index (χ1) is 5.22. The molecule has 0 unspecified atom stereocenters. The Balaban J connectivity index is 3.08. The number of rotatable bonds is 2. The zero-order valence-electron chi connectivity index (χ0n) is 5.44. The standard InChI is InChI=1S/C4H5N5O2/c5-3-7-2(1-6-11)8-4(10)9-3/h1H2,(H3,5,7,8,9,10). The molecule has 1 aromatic heterocycles. The highest BCUT2D eigenvalue weighted by molar-refractivity contribution is 5.12. The largest absolute Gasteiger partial charge is 0.368 e. The predicted molar refractivity (Wildman–Crippen MR) is 36.6 cm³/mol. The fraction of sp³-hybridized carbons (Fsp3) is 0.250. The van der Waals surface area contributed by atoms with Crippen molar-refractivity contribution in [1.82, 2.24) is 15.0 Å². The van der Waals surface area contributed by atoms with Gasteiger partial charge in [-0.3, -0.25) is 4.98 Å². The van der Waals surface area contributed by atoms with Crippen LogP contribution in [-0.2, 0) is 6.54 Å². The molecule has 0 atom stereocenters. The summed E-state index contributed by atoms with van der Waals surface area (Å²) in [6.45, 7) is -0.206. The lowest BCUT2D eigenvalue weighted by atomic mass is 10.6. The van der Waals surface area contributed by atoms with Crippen LogP contribution in [0.3, 0.4) is 0 Å². The van der Waals surface area contributed by atoms with Gasteiger partial charge in [0.25, 0.3) is 0 Å². The Morgan fingerprint density at radius 3 is 2.82 bits per heavy atom. The number of nitroso groups, excluding NO2 is 1. The second kappa shape index (κ2) is 2.86. The Hall–Kier alpha value is -1.79. The molecule has 58 valence electrons. The lowest BCUT2D eigenvalue weighted by molar-refractivity contribution is 0.853. The second-order valence-corrected chi connectivity index (χ2v) is 1.75. The summed E-state index contributed by atoms with van der Waals surface area (Å²) in [5.41, 5.74) is 4.48. The van der Waals surface area contributed by atoms with E-state index in [1.807, 2.05) is 0 Å². The third kappa shape index (κ3) is 1.81. The molecule has 0 saturated carbocycles. The van der Waals surface area contributed by atoms with Crippen molar-refractivity contribution in [3.8, 4) is 0 Å². The minimum Gasteiger partial charge on any atom is -0.368 e. The van der Waals surface area contributed by atoms with Gasteiger partial charge in [-0.2, -0.15) is 14.9 Å². The Bertz CT molecular complexity index is 319. The zero-order chi connectivity index (χ0) is 8.27. The van der Waals surface area contributed by atoms with Gasteiger partial charge in [-0.15, -0.1) is 0 Å². The van der Waals surface area contributed by atoms with Gasteiger partial charge in [-0.25, -0.2) is 4.79 Å². The summed E-state index contributed by atoms with van der Waals surface area (Å²) >= 11 is 0. The van der Waals surface area contributed by atoms with Crippen LogP contribution in [0, 0.1) is 4.91 Å². The molecule has 1 aromatic rings. The van der Waals surface area contributed by atoms with Crippen LogP contribution in [0.4, 0.5) is 5.95 Å². The number of hydrogen-bond donors (Lipinski definition) is 2. The lowest BCUT2D eigenvalue weighted by Crippen LogP contribution is -2.17. The fourth-order valence-corrected chi connectivity index (χ4v) is 0.583. The van der Waals surface area contributed by atoms with E-state index in [0.29, 0.717) is 0 Å². The van der Waals surface area contributed by atoms with Crippen molar-refractivity contribution in [3.05, 3.63) is 21.2 Å². The molecule has 0 radical (unpaired) electrons. The van der Waals surface area contributed by atoms with Gasteiger partial charge in [0.15, 0.2) is 0 Å². The first kappa shape index (κ1) is 7.32. The van der Waals surface area contributed by atoms with Crippen molar-refractivity contribution < 1.29 is 0 Å². The Labute approximate surface area is 60.7 Å². The van der Waals surface area contributed by atoms with E-state index in [0.717, 1.165) is 0 Å². The summed E-state index contributed by atoms with van der Waals surface area (Å²) in [4.78, 5) is 29.2. The zero-order valence-corrected chi connectivity index (χ0v) is 5.44. The maximum Gasteiger partial charge on any atom is 0.349 e. The van der Waals surface area contributed by atoms with Gasteiger partial charge in [0.2, 0.25) is 5.95 Å². The molecule has 0 fully saturated rings. The monoisotopic (exact) mass is 155 g/mol. The van der Waals surface area contributed by atoms with Crippen molar-refractivity contribution in [2.45, 2.75) is 6.54 Å². The van der Waals surface area contributed by atoms with Crippen molar-refractivity contribution in [1.29, 1.82) is 0 Å². The highest BCUT2D eigenvalue weighted by atomic mass is 16.3. The van der Waals surface area contributed by atoms with Crippen LogP contribution >= 0.6 is 0 Å². The average Bonchev–Trinajstić information content (AvgIpc) is 1.85. The molecule has 0 aromatic carbocycles. The van der Waals surface area contributed by atoms with Crippen molar-refractivity contribution in [2.24, 2.45) is 5.18 Å². The number of hydrogen-bond acceptors (Lipinski definition) is 6. The number of aromatic amines is 1. The molecule has 0 aliphatic carbocycles. The number of anilines is 1. The molecular weight excluding hydrogens is 150 g/mol. The highest BCUT2D eigenvalue weighted by Crippen LogP contribution is 1.89. The quantitative estimate of drug-likeness (QED) is 0.532. The number of nitrogens with two attached hydrogens (primary N) is 1. The number of nitrogens with one attached hydrogen (secondary N) is 1. The predicted octanol–water partition coefficient (Wildman–Crippen LogP) is -0.987. The molecule has 0 spiro atoms. The number of aromatic nitrogens is 3. The normalized spacial score (nSPS) is 9.45. The smallest absolute Gasteiger partial charge is 0.349 e. The van der Waals surface area contributed by atoms with E-state index in [1.54, 1.807) is 0 Å². The SMILES string of the molecule is Nc1nc(CN=O)[nH]c(=O)n1. The number of nitrogen functional groups attached to an aromatic ring is 1. The van der Waals surface area contributed by atoms with E-state index in [4.69, 9.17) is 5.73 Å². The third-order valence-corrected chi connectivity index (χ3v) is 0.931. The Kier molecular flexibility index (Phi) is 1.90.